The van der Waals surface area contributed by atoms with Crippen molar-refractivity contribution >= 4 is 23.3 Å². The zero-order chi connectivity index (χ0) is 22.2. The van der Waals surface area contributed by atoms with E-state index in [0.717, 1.165) is 42.0 Å². The van der Waals surface area contributed by atoms with E-state index in [4.69, 9.17) is 14.2 Å². The second-order valence-corrected chi connectivity index (χ2v) is 7.56. The predicted molar refractivity (Wildman–Crippen MR) is 120 cm³/mol. The quantitative estimate of drug-likeness (QED) is 0.456. The molecule has 1 heterocycles. The van der Waals surface area contributed by atoms with Crippen LogP contribution in [0.2, 0.25) is 0 Å². The second kappa shape index (κ2) is 10.7. The molecule has 3 rings (SSSR count). The monoisotopic (exact) mass is 426 g/mol. The number of nitrogens with one attached hydrogen (secondary N) is 2. The largest absolute Gasteiger partial charge is 0.496 e. The number of methoxy groups -OCH3 is 2. The summed E-state index contributed by atoms with van der Waals surface area (Å²) >= 11 is 0. The summed E-state index contributed by atoms with van der Waals surface area (Å²) in [4.78, 5) is 23.8. The highest BCUT2D eigenvalue weighted by Gasteiger charge is 2.22. The molecule has 0 aliphatic carbocycles. The van der Waals surface area contributed by atoms with E-state index < -0.39 is 5.97 Å². The third-order valence-corrected chi connectivity index (χ3v) is 5.24. The summed E-state index contributed by atoms with van der Waals surface area (Å²) in [5.74, 6) is 0.997. The maximum atomic E-state index is 12.1. The predicted octanol–water partition coefficient (Wildman–Crippen LogP) is 4.42. The van der Waals surface area contributed by atoms with E-state index in [9.17, 15) is 9.59 Å². The summed E-state index contributed by atoms with van der Waals surface area (Å²) in [5.41, 5.74) is 3.01. The van der Waals surface area contributed by atoms with Crippen LogP contribution in [0.1, 0.15) is 48.5 Å². The Morgan fingerprint density at radius 1 is 1.16 bits per heavy atom. The molecule has 1 unspecified atom stereocenters. The van der Waals surface area contributed by atoms with E-state index in [0.29, 0.717) is 30.7 Å². The Morgan fingerprint density at radius 2 is 2.00 bits per heavy atom. The van der Waals surface area contributed by atoms with Gasteiger partial charge in [0.1, 0.15) is 17.6 Å². The van der Waals surface area contributed by atoms with Crippen molar-refractivity contribution in [2.24, 2.45) is 0 Å². The minimum Gasteiger partial charge on any atom is -0.496 e. The van der Waals surface area contributed by atoms with Crippen molar-refractivity contribution in [2.45, 2.75) is 45.1 Å². The minimum atomic E-state index is -0.400. The number of benzene rings is 2. The standard InChI is InChI=1S/C24H30N2O5/c1-4-5-6-7-23(27)26-18-10-11-21-20(14-18)25-15-19(31-21)12-16-8-9-17(24(28)30-3)13-22(16)29-2/h8-11,13-14,19,25H,4-7,12,15H2,1-3H3,(H,26,27). The Hall–Kier alpha value is -3.22. The molecule has 1 aliphatic rings. The van der Waals surface area contributed by atoms with E-state index in [1.165, 1.54) is 7.11 Å². The van der Waals surface area contributed by atoms with Crippen LogP contribution in [-0.4, -0.2) is 38.7 Å². The third-order valence-electron chi connectivity index (χ3n) is 5.24. The van der Waals surface area contributed by atoms with Crippen molar-refractivity contribution in [2.75, 3.05) is 31.4 Å². The van der Waals surface area contributed by atoms with Gasteiger partial charge in [-0.3, -0.25) is 4.79 Å². The maximum Gasteiger partial charge on any atom is 0.337 e. The summed E-state index contributed by atoms with van der Waals surface area (Å²) < 4.78 is 16.4. The molecule has 0 fully saturated rings. The summed E-state index contributed by atoms with van der Waals surface area (Å²) in [6.45, 7) is 2.73. The van der Waals surface area contributed by atoms with Crippen LogP contribution in [0.3, 0.4) is 0 Å². The minimum absolute atomic E-state index is 0.0329. The highest BCUT2D eigenvalue weighted by atomic mass is 16.5. The van der Waals surface area contributed by atoms with Crippen molar-refractivity contribution in [1.29, 1.82) is 0 Å². The van der Waals surface area contributed by atoms with Crippen LogP contribution in [0, 0.1) is 0 Å². The molecule has 1 aliphatic heterocycles. The fourth-order valence-electron chi connectivity index (χ4n) is 3.57. The number of hydrogen-bond acceptors (Lipinski definition) is 6. The first kappa shape index (κ1) is 22.5. The van der Waals surface area contributed by atoms with Crippen LogP contribution in [0.25, 0.3) is 0 Å². The average Bonchev–Trinajstić information content (AvgIpc) is 2.79. The molecule has 0 saturated heterocycles. The smallest absolute Gasteiger partial charge is 0.337 e. The summed E-state index contributed by atoms with van der Waals surface area (Å²) in [7, 11) is 2.93. The zero-order valence-corrected chi connectivity index (χ0v) is 18.3. The molecule has 0 radical (unpaired) electrons. The molecule has 2 aromatic carbocycles. The number of rotatable bonds is 9. The van der Waals surface area contributed by atoms with E-state index in [2.05, 4.69) is 17.6 Å². The van der Waals surface area contributed by atoms with Gasteiger partial charge in [0.05, 0.1) is 32.0 Å². The van der Waals surface area contributed by atoms with E-state index >= 15 is 0 Å². The molecule has 0 aromatic heterocycles. The molecule has 166 valence electrons. The summed E-state index contributed by atoms with van der Waals surface area (Å²) in [5, 5.41) is 6.33. The number of anilines is 2. The van der Waals surface area contributed by atoms with Gasteiger partial charge in [-0.1, -0.05) is 25.8 Å². The number of amides is 1. The number of unbranched alkanes of at least 4 members (excludes halogenated alkanes) is 2. The number of carbonyl (C=O) groups excluding carboxylic acids is 2. The van der Waals surface area contributed by atoms with Crippen molar-refractivity contribution in [3.8, 4) is 11.5 Å². The van der Waals surface area contributed by atoms with Crippen molar-refractivity contribution in [3.05, 3.63) is 47.5 Å². The van der Waals surface area contributed by atoms with Gasteiger partial charge in [0.25, 0.3) is 0 Å². The molecule has 7 heteroatoms. The number of hydrogen-bond donors (Lipinski definition) is 2. The highest BCUT2D eigenvalue weighted by molar-refractivity contribution is 5.91. The van der Waals surface area contributed by atoms with E-state index in [-0.39, 0.29) is 12.0 Å². The van der Waals surface area contributed by atoms with Gasteiger partial charge >= 0.3 is 5.97 Å². The van der Waals surface area contributed by atoms with Gasteiger partial charge in [0.15, 0.2) is 0 Å². The van der Waals surface area contributed by atoms with Crippen molar-refractivity contribution in [1.82, 2.24) is 0 Å². The van der Waals surface area contributed by atoms with Gasteiger partial charge < -0.3 is 24.8 Å². The van der Waals surface area contributed by atoms with Gasteiger partial charge in [0, 0.05) is 18.5 Å². The molecule has 7 nitrogen and oxygen atoms in total. The van der Waals surface area contributed by atoms with Crippen LogP contribution >= 0.6 is 0 Å². The lowest BCUT2D eigenvalue weighted by atomic mass is 10.0. The second-order valence-electron chi connectivity index (χ2n) is 7.56. The Bertz CT molecular complexity index is 928. The maximum absolute atomic E-state index is 12.1. The Labute approximate surface area is 183 Å². The van der Waals surface area contributed by atoms with Gasteiger partial charge in [-0.05, 0) is 42.3 Å². The topological polar surface area (TPSA) is 85.9 Å². The lowest BCUT2D eigenvalue weighted by Gasteiger charge is -2.28. The molecule has 1 amide bonds. The first-order chi connectivity index (χ1) is 15.0. The molecule has 0 bridgehead atoms. The first-order valence-corrected chi connectivity index (χ1v) is 10.6. The number of fused-ring (bicyclic) bond motifs is 1. The van der Waals surface area contributed by atoms with Crippen molar-refractivity contribution in [3.63, 3.8) is 0 Å². The zero-order valence-electron chi connectivity index (χ0n) is 18.3. The number of esters is 1. The Morgan fingerprint density at radius 3 is 2.74 bits per heavy atom. The van der Waals surface area contributed by atoms with Gasteiger partial charge in [-0.2, -0.15) is 0 Å². The molecule has 2 aromatic rings. The Kier molecular flexibility index (Phi) is 7.76. The molecular weight excluding hydrogens is 396 g/mol. The fourth-order valence-corrected chi connectivity index (χ4v) is 3.57. The fraction of sp³-hybridized carbons (Fsp3) is 0.417. The van der Waals surface area contributed by atoms with Crippen LogP contribution in [-0.2, 0) is 16.0 Å². The lowest BCUT2D eigenvalue weighted by Crippen LogP contribution is -2.32. The summed E-state index contributed by atoms with van der Waals surface area (Å²) in [6.07, 6.45) is 4.11. The Balaban J connectivity index is 1.62. The number of carbonyl (C=O) groups is 2. The van der Waals surface area contributed by atoms with Crippen LogP contribution in [0.5, 0.6) is 11.5 Å². The SMILES string of the molecule is CCCCCC(=O)Nc1ccc2c(c1)NCC(Cc1ccc(C(=O)OC)cc1OC)O2. The van der Waals surface area contributed by atoms with E-state index in [1.807, 2.05) is 24.3 Å². The van der Waals surface area contributed by atoms with Crippen molar-refractivity contribution < 1.29 is 23.8 Å². The molecule has 1 atom stereocenters. The van der Waals surface area contributed by atoms with Crippen LogP contribution in [0.4, 0.5) is 11.4 Å². The first-order valence-electron chi connectivity index (χ1n) is 10.6. The average molecular weight is 427 g/mol. The normalized spacial score (nSPS) is 14.6. The highest BCUT2D eigenvalue weighted by Crippen LogP contribution is 2.33. The van der Waals surface area contributed by atoms with Crippen LogP contribution in [0.15, 0.2) is 36.4 Å². The third kappa shape index (κ3) is 5.90. The number of ether oxygens (including phenoxy) is 3. The molecule has 2 N–H and O–H groups in total. The van der Waals surface area contributed by atoms with Gasteiger partial charge in [-0.25, -0.2) is 4.79 Å². The van der Waals surface area contributed by atoms with E-state index in [1.54, 1.807) is 19.2 Å². The van der Waals surface area contributed by atoms with Gasteiger partial charge in [-0.15, -0.1) is 0 Å². The van der Waals surface area contributed by atoms with Gasteiger partial charge in [0.2, 0.25) is 5.91 Å². The summed E-state index contributed by atoms with van der Waals surface area (Å²) in [6, 6.07) is 10.9. The lowest BCUT2D eigenvalue weighted by molar-refractivity contribution is -0.116. The molecule has 31 heavy (non-hydrogen) atoms. The molecular formula is C24H30N2O5. The molecule has 0 saturated carbocycles. The van der Waals surface area contributed by atoms with Crippen LogP contribution < -0.4 is 20.1 Å². The molecule has 0 spiro atoms.